The summed E-state index contributed by atoms with van der Waals surface area (Å²) in [5.41, 5.74) is 4.95. The third-order valence-electron chi connectivity index (χ3n) is 6.06. The van der Waals surface area contributed by atoms with Gasteiger partial charge >= 0.3 is 6.18 Å². The fraction of sp³-hybridized carbons (Fsp3) is 0.650. The first-order valence-corrected chi connectivity index (χ1v) is 15.8. The van der Waals surface area contributed by atoms with Crippen LogP contribution < -0.4 is 14.6 Å². The van der Waals surface area contributed by atoms with Gasteiger partial charge in [-0.2, -0.15) is 13.2 Å². The van der Waals surface area contributed by atoms with Crippen molar-refractivity contribution in [3.05, 3.63) is 16.7 Å². The Balaban J connectivity index is 3.81. The van der Waals surface area contributed by atoms with Crippen molar-refractivity contribution in [2.24, 2.45) is 0 Å². The Kier molecular flexibility index (Phi) is 7.20. The number of benzene rings is 1. The average molecular weight is 484 g/mol. The lowest BCUT2D eigenvalue weighted by Crippen LogP contribution is -2.46. The third-order valence-corrected chi connectivity index (χ3v) is 15.0. The molecule has 0 saturated carbocycles. The number of anilines is 1. The maximum atomic E-state index is 13.1. The van der Waals surface area contributed by atoms with E-state index >= 15 is 0 Å². The molecule has 4 nitrogen and oxygen atoms in total. The minimum absolute atomic E-state index is 0.0773. The normalized spacial score (nSPS) is 13.9. The van der Waals surface area contributed by atoms with Gasteiger partial charge in [-0.25, -0.2) is 0 Å². The molecule has 0 aliphatic rings. The number of nitrogens with two attached hydrogens (primary N) is 1. The Labute approximate surface area is 184 Å². The molecule has 172 valence electrons. The lowest BCUT2D eigenvalue weighted by molar-refractivity contribution is -0.0884. The van der Waals surface area contributed by atoms with Crippen LogP contribution in [0.4, 0.5) is 18.9 Å². The van der Waals surface area contributed by atoms with Gasteiger partial charge in [-0.1, -0.05) is 53.1 Å². The Morgan fingerprint density at radius 1 is 0.900 bits per heavy atom. The summed E-state index contributed by atoms with van der Waals surface area (Å²) in [6.07, 6.45) is -5.09. The van der Waals surface area contributed by atoms with Crippen LogP contribution in [0, 0.1) is 0 Å². The van der Waals surface area contributed by atoms with Crippen molar-refractivity contribution in [2.75, 3.05) is 5.73 Å². The quantitative estimate of drug-likeness (QED) is 0.268. The van der Waals surface area contributed by atoms with E-state index in [1.807, 2.05) is 67.7 Å². The molecular formula is C20H33ClF3NO3Si2. The Bertz CT molecular complexity index is 827. The van der Waals surface area contributed by atoms with Gasteiger partial charge in [0.15, 0.2) is 11.5 Å². The second-order valence-electron chi connectivity index (χ2n) is 10.5. The van der Waals surface area contributed by atoms with Crippen molar-refractivity contribution in [3.63, 3.8) is 0 Å². The molecule has 0 saturated heterocycles. The molecule has 0 atom stereocenters. The molecule has 0 aliphatic heterocycles. The zero-order chi connectivity index (χ0) is 24.1. The molecule has 0 radical (unpaired) electrons. The molecule has 30 heavy (non-hydrogen) atoms. The Morgan fingerprint density at radius 3 is 1.60 bits per heavy atom. The van der Waals surface area contributed by atoms with Crippen LogP contribution >= 0.6 is 11.6 Å². The number of halogens is 4. The molecule has 0 unspecified atom stereocenters. The van der Waals surface area contributed by atoms with E-state index in [9.17, 15) is 18.0 Å². The van der Waals surface area contributed by atoms with Gasteiger partial charge in [0.25, 0.3) is 22.4 Å². The second kappa shape index (κ2) is 8.05. The van der Waals surface area contributed by atoms with Gasteiger partial charge in [0.2, 0.25) is 0 Å². The van der Waals surface area contributed by atoms with Crippen molar-refractivity contribution < 1.29 is 26.8 Å². The average Bonchev–Trinajstić information content (AvgIpc) is 2.50. The molecule has 0 amide bonds. The van der Waals surface area contributed by atoms with Crippen LogP contribution in [0.25, 0.3) is 0 Å². The second-order valence-corrected chi connectivity index (χ2v) is 20.4. The van der Waals surface area contributed by atoms with E-state index in [4.69, 9.17) is 26.2 Å². The van der Waals surface area contributed by atoms with E-state index < -0.39 is 39.8 Å². The minimum atomic E-state index is -5.09. The first-order chi connectivity index (χ1) is 13.0. The van der Waals surface area contributed by atoms with E-state index in [-0.39, 0.29) is 26.6 Å². The standard InChI is InChI=1S/C20H33ClF3NO3Si2/c1-18(2,3)29(7,8)27-15-13(21)11-12(17(26)20(22,23)24)14(25)16(15)28-30(9,10)19(4,5)6/h11H,25H2,1-10H3. The molecule has 0 aliphatic carbocycles. The van der Waals surface area contributed by atoms with Gasteiger partial charge in [-0.05, 0) is 42.3 Å². The molecule has 1 aromatic rings. The highest BCUT2D eigenvalue weighted by Crippen LogP contribution is 2.50. The summed E-state index contributed by atoms with van der Waals surface area (Å²) in [5.74, 6) is -2.04. The van der Waals surface area contributed by atoms with Crippen LogP contribution in [0.15, 0.2) is 6.07 Å². The van der Waals surface area contributed by atoms with Gasteiger partial charge in [-0.3, -0.25) is 4.79 Å². The molecule has 0 spiro atoms. The largest absolute Gasteiger partial charge is 0.540 e. The summed E-state index contributed by atoms with van der Waals surface area (Å²) < 4.78 is 52.0. The predicted molar refractivity (Wildman–Crippen MR) is 122 cm³/mol. The fourth-order valence-electron chi connectivity index (χ4n) is 1.98. The first-order valence-electron chi connectivity index (χ1n) is 9.64. The van der Waals surface area contributed by atoms with Gasteiger partial charge in [0.1, 0.15) is 0 Å². The molecule has 2 N–H and O–H groups in total. The zero-order valence-electron chi connectivity index (χ0n) is 19.4. The first kappa shape index (κ1) is 26.8. The Hall–Kier alpha value is -1.20. The number of alkyl halides is 3. The summed E-state index contributed by atoms with van der Waals surface area (Å²) >= 11 is 6.36. The van der Waals surface area contributed by atoms with Crippen LogP contribution in [-0.2, 0) is 0 Å². The van der Waals surface area contributed by atoms with Gasteiger partial charge in [-0.15, -0.1) is 0 Å². The number of hydrogen-bond donors (Lipinski definition) is 1. The van der Waals surface area contributed by atoms with Crippen molar-refractivity contribution in [2.45, 2.75) is 84.0 Å². The number of carbonyl (C=O) groups excluding carboxylic acids is 1. The van der Waals surface area contributed by atoms with Crippen LogP contribution in [0.5, 0.6) is 11.5 Å². The SMILES string of the molecule is CC(C)(C)[Si](C)(C)Oc1c(Cl)cc(C(=O)C(F)(F)F)c(N)c1O[Si](C)(C)C(C)(C)C. The molecule has 0 aromatic heterocycles. The van der Waals surface area contributed by atoms with E-state index in [0.717, 1.165) is 6.07 Å². The molecule has 10 heteroatoms. The van der Waals surface area contributed by atoms with E-state index in [2.05, 4.69) is 0 Å². The van der Waals surface area contributed by atoms with Crippen LogP contribution in [-0.4, -0.2) is 28.6 Å². The van der Waals surface area contributed by atoms with Crippen LogP contribution in [0.1, 0.15) is 51.9 Å². The fourth-order valence-corrected chi connectivity index (χ4v) is 4.31. The van der Waals surface area contributed by atoms with Crippen molar-refractivity contribution >= 4 is 39.7 Å². The zero-order valence-corrected chi connectivity index (χ0v) is 22.1. The van der Waals surface area contributed by atoms with Gasteiger partial charge in [0, 0.05) is 0 Å². The predicted octanol–water partition coefficient (Wildman–Crippen LogP) is 7.44. The lowest BCUT2D eigenvalue weighted by Gasteiger charge is -2.40. The molecule has 0 fully saturated rings. The maximum Gasteiger partial charge on any atom is 0.454 e. The highest BCUT2D eigenvalue weighted by atomic mass is 35.5. The van der Waals surface area contributed by atoms with Crippen LogP contribution in [0.2, 0.25) is 41.3 Å². The topological polar surface area (TPSA) is 61.5 Å². The van der Waals surface area contributed by atoms with Crippen LogP contribution in [0.3, 0.4) is 0 Å². The lowest BCUT2D eigenvalue weighted by atomic mass is 10.1. The summed E-state index contributed by atoms with van der Waals surface area (Å²) in [7, 11) is -5.00. The number of ketones is 1. The Morgan fingerprint density at radius 2 is 1.27 bits per heavy atom. The van der Waals surface area contributed by atoms with Crippen molar-refractivity contribution in [1.82, 2.24) is 0 Å². The van der Waals surface area contributed by atoms with Gasteiger partial charge in [0.05, 0.1) is 16.3 Å². The smallest absolute Gasteiger partial charge is 0.454 e. The molecule has 0 bridgehead atoms. The number of carbonyl (C=O) groups is 1. The monoisotopic (exact) mass is 483 g/mol. The van der Waals surface area contributed by atoms with Crippen molar-refractivity contribution in [1.29, 1.82) is 0 Å². The summed E-state index contributed by atoms with van der Waals surface area (Å²) in [4.78, 5) is 12.0. The number of rotatable bonds is 5. The minimum Gasteiger partial charge on any atom is -0.540 e. The summed E-state index contributed by atoms with van der Waals surface area (Å²) in [6, 6.07) is 0.924. The highest BCUT2D eigenvalue weighted by molar-refractivity contribution is 6.75. The highest BCUT2D eigenvalue weighted by Gasteiger charge is 2.46. The van der Waals surface area contributed by atoms with E-state index in [1.165, 1.54) is 0 Å². The number of nitrogen functional groups attached to an aromatic ring is 1. The van der Waals surface area contributed by atoms with E-state index in [0.29, 0.717) is 0 Å². The van der Waals surface area contributed by atoms with E-state index in [1.54, 1.807) is 0 Å². The number of hydrogen-bond acceptors (Lipinski definition) is 4. The number of Topliss-reactive ketones (excluding diaryl/α,β-unsaturated/α-hetero) is 1. The molecular weight excluding hydrogens is 451 g/mol. The maximum absolute atomic E-state index is 13.1. The van der Waals surface area contributed by atoms with Crippen molar-refractivity contribution in [3.8, 4) is 11.5 Å². The molecule has 1 rings (SSSR count). The third kappa shape index (κ3) is 5.53. The summed E-state index contributed by atoms with van der Waals surface area (Å²) in [5, 5.41) is -0.611. The summed E-state index contributed by atoms with van der Waals surface area (Å²) in [6.45, 7) is 19.8. The van der Waals surface area contributed by atoms with Gasteiger partial charge < -0.3 is 14.6 Å². The molecule has 0 heterocycles. The molecule has 1 aromatic carbocycles.